The molecule has 15 atom stereocenters. The Bertz CT molecular complexity index is 1840. The fourth-order valence-electron chi connectivity index (χ4n) is 14.3. The number of ketones is 5. The summed E-state index contributed by atoms with van der Waals surface area (Å²) in [6.45, 7) is 12.1. The van der Waals surface area contributed by atoms with Crippen LogP contribution in [0.15, 0.2) is 47.6 Å². The molecule has 0 radical (unpaired) electrons. The highest BCUT2D eigenvalue weighted by molar-refractivity contribution is 6.02. The zero-order chi connectivity index (χ0) is 39.8. The Morgan fingerprint density at radius 1 is 0.889 bits per heavy atom. The van der Waals surface area contributed by atoms with Crippen LogP contribution in [0, 0.1) is 63.1 Å². The molecule has 0 aliphatic heterocycles. The SMILES string of the molecule is CC(=O)[C@@]1(O)CC[C@H]2[C@@H]3C[C@H](C)C4=CC(=O)C=C[C@]4(C)[C@@]3(F)[C@@H](O)C[C@@]21C.C[C@H]1C[C@H]2[C@@H]3CCC4=CC(=O)C=C[C@]4(C)[C@H]3C(=O)C[C@]2(C)[C@@]1(O)C(=O)CO. The molecule has 0 heterocycles. The molecule has 0 aromatic heterocycles. The lowest BCUT2D eigenvalue weighted by atomic mass is 9.43. The van der Waals surface area contributed by atoms with Crippen molar-refractivity contribution in [3.63, 3.8) is 0 Å². The molecule has 9 nitrogen and oxygen atoms in total. The predicted molar refractivity (Wildman–Crippen MR) is 197 cm³/mol. The molecule has 0 bridgehead atoms. The highest BCUT2D eigenvalue weighted by atomic mass is 19.1. The number of hydrogen-bond acceptors (Lipinski definition) is 9. The number of halogens is 1. The third-order valence-electron chi connectivity index (χ3n) is 17.1. The van der Waals surface area contributed by atoms with Gasteiger partial charge in [0.25, 0.3) is 0 Å². The lowest BCUT2D eigenvalue weighted by Crippen LogP contribution is -2.69. The maximum Gasteiger partial charge on any atom is 0.190 e. The Labute approximate surface area is 317 Å². The molecule has 0 aromatic rings. The Balaban J connectivity index is 0.000000167. The second-order valence-electron chi connectivity index (χ2n) is 19.3. The molecule has 0 aromatic carbocycles. The van der Waals surface area contributed by atoms with E-state index in [1.165, 1.54) is 19.1 Å². The van der Waals surface area contributed by atoms with Crippen molar-refractivity contribution >= 4 is 28.9 Å². The number of hydrogen-bond donors (Lipinski definition) is 4. The number of allylic oxidation sites excluding steroid dienone is 8. The minimum Gasteiger partial charge on any atom is -0.390 e. The number of aliphatic hydroxyl groups is 4. The maximum absolute atomic E-state index is 16.9. The zero-order valence-corrected chi connectivity index (χ0v) is 32.7. The fourth-order valence-corrected chi connectivity index (χ4v) is 14.3. The molecule has 0 spiro atoms. The largest absolute Gasteiger partial charge is 0.390 e. The standard InChI is InChI=1S/C22H29FO4.C22H28O5/c1-12-9-17-15-6-8-21(27,13(2)24)20(15,4)11-18(26)22(17,23)19(3)7-5-14(25)10-16(12)19;1-12-8-16-15-5-4-13-9-14(24)6-7-20(13,2)19(15)17(25)10-21(16,3)22(12,27)18(26)11-23/h5,7,10,12,15,17-18,26-27H,6,8-9,11H2,1-4H3;6-7,9,12,15-16,19,23,27H,4-5,8,10-11H2,1-3H3/t12-,15-,17-,18-,19-,20-,21-,22-;12-,15-,16-,19+,20-,21-,22-/m00/s1. The van der Waals surface area contributed by atoms with E-state index in [-0.39, 0.29) is 71.5 Å². The summed E-state index contributed by atoms with van der Waals surface area (Å²) in [5.41, 5.74) is -6.53. The van der Waals surface area contributed by atoms with Crippen molar-refractivity contribution in [3.8, 4) is 0 Å². The number of fused-ring (bicyclic) bond motifs is 10. The second kappa shape index (κ2) is 12.3. The highest BCUT2D eigenvalue weighted by Crippen LogP contribution is 2.71. The first-order chi connectivity index (χ1) is 25.0. The van der Waals surface area contributed by atoms with Crippen molar-refractivity contribution in [1.29, 1.82) is 0 Å². The average Bonchev–Trinajstić information content (AvgIpc) is 3.49. The van der Waals surface area contributed by atoms with E-state index in [0.717, 1.165) is 24.0 Å². The minimum absolute atomic E-state index is 0.00153. The van der Waals surface area contributed by atoms with Crippen LogP contribution >= 0.6 is 0 Å². The second-order valence-corrected chi connectivity index (χ2v) is 19.3. The van der Waals surface area contributed by atoms with Crippen LogP contribution in [0.5, 0.6) is 0 Å². The van der Waals surface area contributed by atoms with Gasteiger partial charge in [-0.3, -0.25) is 24.0 Å². The summed E-state index contributed by atoms with van der Waals surface area (Å²) in [5, 5.41) is 43.1. The third kappa shape index (κ3) is 4.72. The van der Waals surface area contributed by atoms with E-state index in [2.05, 4.69) is 0 Å². The Hall–Kier alpha value is -2.92. The summed E-state index contributed by atoms with van der Waals surface area (Å²) in [5.74, 6) is -2.06. The molecule has 0 amide bonds. The van der Waals surface area contributed by atoms with Gasteiger partial charge in [0.05, 0.1) is 6.10 Å². The van der Waals surface area contributed by atoms with Gasteiger partial charge in [-0.1, -0.05) is 57.9 Å². The van der Waals surface area contributed by atoms with Crippen molar-refractivity contribution in [3.05, 3.63) is 47.6 Å². The van der Waals surface area contributed by atoms with Gasteiger partial charge in [-0.2, -0.15) is 0 Å². The maximum atomic E-state index is 16.9. The molecule has 8 rings (SSSR count). The van der Waals surface area contributed by atoms with E-state index in [0.29, 0.717) is 25.7 Å². The van der Waals surface area contributed by atoms with Crippen LogP contribution < -0.4 is 0 Å². The van der Waals surface area contributed by atoms with E-state index in [1.54, 1.807) is 25.2 Å². The number of rotatable bonds is 3. The Morgan fingerprint density at radius 2 is 1.54 bits per heavy atom. The normalized spacial score (nSPS) is 51.3. The van der Waals surface area contributed by atoms with E-state index in [4.69, 9.17) is 0 Å². The summed E-state index contributed by atoms with van der Waals surface area (Å²) >= 11 is 0. The van der Waals surface area contributed by atoms with Gasteiger partial charge >= 0.3 is 0 Å². The van der Waals surface area contributed by atoms with Crippen LogP contribution in [0.3, 0.4) is 0 Å². The highest BCUT2D eigenvalue weighted by Gasteiger charge is 2.75. The number of Topliss-reactive ketones (excluding diaryl/α,β-unsaturated/α-hetero) is 3. The fraction of sp³-hybridized carbons (Fsp3) is 0.705. The van der Waals surface area contributed by atoms with Gasteiger partial charge in [0.2, 0.25) is 0 Å². The van der Waals surface area contributed by atoms with E-state index >= 15 is 4.39 Å². The van der Waals surface area contributed by atoms with Crippen LogP contribution in [0.2, 0.25) is 0 Å². The van der Waals surface area contributed by atoms with Crippen LogP contribution in [0.25, 0.3) is 0 Å². The first-order valence-electron chi connectivity index (χ1n) is 19.9. The molecule has 54 heavy (non-hydrogen) atoms. The van der Waals surface area contributed by atoms with Crippen LogP contribution in [-0.4, -0.2) is 78.9 Å². The van der Waals surface area contributed by atoms with Crippen molar-refractivity contribution in [2.75, 3.05) is 6.61 Å². The van der Waals surface area contributed by atoms with Crippen molar-refractivity contribution in [2.45, 2.75) is 123 Å². The average molecular weight is 749 g/mol. The summed E-state index contributed by atoms with van der Waals surface area (Å²) in [7, 11) is 0. The molecule has 8 aliphatic carbocycles. The van der Waals surface area contributed by atoms with Crippen LogP contribution in [0.1, 0.15) is 99.8 Å². The van der Waals surface area contributed by atoms with E-state index < -0.39 is 62.9 Å². The monoisotopic (exact) mass is 748 g/mol. The summed E-state index contributed by atoms with van der Waals surface area (Å²) in [4.78, 5) is 62.0. The topological polar surface area (TPSA) is 166 Å². The summed E-state index contributed by atoms with van der Waals surface area (Å²) < 4.78 is 16.9. The molecule has 0 saturated heterocycles. The predicted octanol–water partition coefficient (Wildman–Crippen LogP) is 4.94. The molecule has 6 saturated carbocycles. The molecule has 8 aliphatic rings. The number of carbonyl (C=O) groups excluding carboxylic acids is 5. The van der Waals surface area contributed by atoms with Crippen molar-refractivity contribution in [1.82, 2.24) is 0 Å². The van der Waals surface area contributed by atoms with Gasteiger partial charge < -0.3 is 20.4 Å². The minimum atomic E-state index is -1.92. The van der Waals surface area contributed by atoms with E-state index in [9.17, 15) is 44.4 Å². The lowest BCUT2D eigenvalue weighted by Gasteiger charge is -2.63. The lowest BCUT2D eigenvalue weighted by molar-refractivity contribution is -0.219. The van der Waals surface area contributed by atoms with Crippen molar-refractivity contribution < 1.29 is 48.8 Å². The van der Waals surface area contributed by atoms with Gasteiger partial charge in [0.1, 0.15) is 23.6 Å². The quantitative estimate of drug-likeness (QED) is 0.313. The molecular formula is C44H57FO9. The summed E-state index contributed by atoms with van der Waals surface area (Å²) in [6.07, 6.45) is 12.2. The number of alkyl halides is 1. The third-order valence-corrected chi connectivity index (χ3v) is 17.1. The van der Waals surface area contributed by atoms with Gasteiger partial charge in [0.15, 0.2) is 28.8 Å². The first kappa shape index (κ1) is 39.3. The zero-order valence-electron chi connectivity index (χ0n) is 32.7. The summed E-state index contributed by atoms with van der Waals surface area (Å²) in [6, 6.07) is 0. The Morgan fingerprint density at radius 3 is 2.19 bits per heavy atom. The molecule has 6 fully saturated rings. The Kier molecular flexibility index (Phi) is 8.95. The molecule has 4 N–H and O–H groups in total. The van der Waals surface area contributed by atoms with Crippen LogP contribution in [-0.2, 0) is 24.0 Å². The van der Waals surface area contributed by atoms with Gasteiger partial charge in [-0.15, -0.1) is 0 Å². The molecule has 0 unspecified atom stereocenters. The smallest absolute Gasteiger partial charge is 0.190 e. The molecular weight excluding hydrogens is 691 g/mol. The van der Waals surface area contributed by atoms with Gasteiger partial charge in [-0.05, 0) is 113 Å². The van der Waals surface area contributed by atoms with Gasteiger partial charge in [0, 0.05) is 39.9 Å². The van der Waals surface area contributed by atoms with Gasteiger partial charge in [-0.25, -0.2) is 4.39 Å². The van der Waals surface area contributed by atoms with E-state index in [1.807, 2.05) is 40.7 Å². The first-order valence-corrected chi connectivity index (χ1v) is 19.9. The van der Waals surface area contributed by atoms with Crippen LogP contribution in [0.4, 0.5) is 4.39 Å². The van der Waals surface area contributed by atoms with Crippen molar-refractivity contribution in [2.24, 2.45) is 63.1 Å². The molecule has 294 valence electrons. The number of aliphatic hydroxyl groups excluding tert-OH is 2. The number of carbonyl (C=O) groups is 5. The molecule has 10 heteroatoms.